The van der Waals surface area contributed by atoms with E-state index < -0.39 is 0 Å². The van der Waals surface area contributed by atoms with E-state index in [9.17, 15) is 0 Å². The smallest absolute Gasteiger partial charge is 0.141 e. The number of hydrogen-bond donors (Lipinski definition) is 1. The standard InChI is InChI=1S/C16H22N4/c1-13-6-7-14(11-19-13)16-18-9-10-20(16)12-15-5-3-2-4-8-17-15/h6-7,9-11,15,17H,2-5,8,12H2,1H3. The topological polar surface area (TPSA) is 42.7 Å². The fraction of sp³-hybridized carbons (Fsp3) is 0.500. The maximum Gasteiger partial charge on any atom is 0.141 e. The lowest BCUT2D eigenvalue weighted by atomic mass is 10.1. The first-order valence-electron chi connectivity index (χ1n) is 7.50. The Morgan fingerprint density at radius 2 is 2.20 bits per heavy atom. The minimum absolute atomic E-state index is 0.559. The molecule has 0 aromatic carbocycles. The summed E-state index contributed by atoms with van der Waals surface area (Å²) in [6, 6.07) is 4.70. The third-order valence-corrected chi connectivity index (χ3v) is 3.96. The lowest BCUT2D eigenvalue weighted by molar-refractivity contribution is 0.446. The van der Waals surface area contributed by atoms with Gasteiger partial charge in [-0.15, -0.1) is 0 Å². The van der Waals surface area contributed by atoms with E-state index in [0.29, 0.717) is 6.04 Å². The van der Waals surface area contributed by atoms with Crippen molar-refractivity contribution in [3.8, 4) is 11.4 Å². The maximum atomic E-state index is 4.50. The van der Waals surface area contributed by atoms with Crippen molar-refractivity contribution in [3.05, 3.63) is 36.4 Å². The fourth-order valence-corrected chi connectivity index (χ4v) is 2.81. The molecule has 1 aliphatic rings. The first-order chi connectivity index (χ1) is 9.83. The Balaban J connectivity index is 1.77. The van der Waals surface area contributed by atoms with E-state index in [1.807, 2.05) is 25.4 Å². The molecule has 1 aliphatic heterocycles. The van der Waals surface area contributed by atoms with E-state index in [4.69, 9.17) is 0 Å². The summed E-state index contributed by atoms with van der Waals surface area (Å²) in [5.74, 6) is 1.02. The quantitative estimate of drug-likeness (QED) is 0.932. The van der Waals surface area contributed by atoms with E-state index in [2.05, 4.69) is 32.1 Å². The van der Waals surface area contributed by atoms with Crippen molar-refractivity contribution in [1.29, 1.82) is 0 Å². The number of aryl methyl sites for hydroxylation is 1. The van der Waals surface area contributed by atoms with Gasteiger partial charge in [-0.3, -0.25) is 4.98 Å². The molecule has 0 aliphatic carbocycles. The van der Waals surface area contributed by atoms with Crippen LogP contribution in [-0.4, -0.2) is 27.1 Å². The number of rotatable bonds is 3. The Hall–Kier alpha value is -1.68. The molecule has 106 valence electrons. The Bertz CT molecular complexity index is 536. The van der Waals surface area contributed by atoms with Gasteiger partial charge in [0.05, 0.1) is 0 Å². The molecule has 1 N–H and O–H groups in total. The van der Waals surface area contributed by atoms with Crippen molar-refractivity contribution >= 4 is 0 Å². The molecule has 20 heavy (non-hydrogen) atoms. The second-order valence-electron chi connectivity index (χ2n) is 5.59. The molecular formula is C16H22N4. The molecule has 4 nitrogen and oxygen atoms in total. The van der Waals surface area contributed by atoms with E-state index in [0.717, 1.165) is 30.2 Å². The lowest BCUT2D eigenvalue weighted by Gasteiger charge is -2.18. The fourth-order valence-electron chi connectivity index (χ4n) is 2.81. The van der Waals surface area contributed by atoms with Gasteiger partial charge in [-0.1, -0.05) is 12.8 Å². The molecule has 0 amide bonds. The Labute approximate surface area is 120 Å². The molecule has 1 unspecified atom stereocenters. The summed E-state index contributed by atoms with van der Waals surface area (Å²) in [7, 11) is 0. The minimum Gasteiger partial charge on any atom is -0.329 e. The highest BCUT2D eigenvalue weighted by molar-refractivity contribution is 5.54. The summed E-state index contributed by atoms with van der Waals surface area (Å²) in [4.78, 5) is 8.87. The van der Waals surface area contributed by atoms with Gasteiger partial charge in [0.25, 0.3) is 0 Å². The van der Waals surface area contributed by atoms with Gasteiger partial charge >= 0.3 is 0 Å². The van der Waals surface area contributed by atoms with Gasteiger partial charge in [-0.25, -0.2) is 4.98 Å². The zero-order chi connectivity index (χ0) is 13.8. The van der Waals surface area contributed by atoms with Crippen LogP contribution in [-0.2, 0) is 6.54 Å². The van der Waals surface area contributed by atoms with E-state index in [1.165, 1.54) is 25.7 Å². The Morgan fingerprint density at radius 3 is 3.05 bits per heavy atom. The van der Waals surface area contributed by atoms with Gasteiger partial charge in [-0.05, 0) is 38.4 Å². The third-order valence-electron chi connectivity index (χ3n) is 3.96. The molecule has 1 atom stereocenters. The SMILES string of the molecule is Cc1ccc(-c2nccn2CC2CCCCCN2)cn1. The highest BCUT2D eigenvalue weighted by Gasteiger charge is 2.14. The molecule has 3 rings (SSSR count). The molecule has 1 saturated heterocycles. The molecular weight excluding hydrogens is 248 g/mol. The number of imidazole rings is 1. The molecule has 0 bridgehead atoms. The predicted molar refractivity (Wildman–Crippen MR) is 80.5 cm³/mol. The molecule has 0 radical (unpaired) electrons. The highest BCUT2D eigenvalue weighted by Crippen LogP contribution is 2.18. The van der Waals surface area contributed by atoms with Crippen LogP contribution >= 0.6 is 0 Å². The number of aromatic nitrogens is 3. The zero-order valence-electron chi connectivity index (χ0n) is 12.0. The van der Waals surface area contributed by atoms with Gasteiger partial charge in [0, 0.05) is 42.4 Å². The highest BCUT2D eigenvalue weighted by atomic mass is 15.1. The second-order valence-corrected chi connectivity index (χ2v) is 5.59. The largest absolute Gasteiger partial charge is 0.329 e. The zero-order valence-corrected chi connectivity index (χ0v) is 12.0. The van der Waals surface area contributed by atoms with Crippen molar-refractivity contribution in [1.82, 2.24) is 19.9 Å². The van der Waals surface area contributed by atoms with Crippen LogP contribution in [0.15, 0.2) is 30.7 Å². The molecule has 1 fully saturated rings. The average molecular weight is 270 g/mol. The molecule has 4 heteroatoms. The first kappa shape index (κ1) is 13.3. The summed E-state index contributed by atoms with van der Waals surface area (Å²) in [6.07, 6.45) is 11.1. The van der Waals surface area contributed by atoms with Crippen LogP contribution in [0.2, 0.25) is 0 Å². The van der Waals surface area contributed by atoms with Crippen LogP contribution in [0.1, 0.15) is 31.4 Å². The molecule has 2 aromatic rings. The first-order valence-corrected chi connectivity index (χ1v) is 7.50. The van der Waals surface area contributed by atoms with Crippen molar-refractivity contribution in [2.24, 2.45) is 0 Å². The average Bonchev–Trinajstić information content (AvgIpc) is 2.75. The lowest BCUT2D eigenvalue weighted by Crippen LogP contribution is -2.32. The Kier molecular flexibility index (Phi) is 4.11. The molecule has 0 saturated carbocycles. The normalized spacial score (nSPS) is 19.8. The maximum absolute atomic E-state index is 4.50. The summed E-state index contributed by atoms with van der Waals surface area (Å²) in [5.41, 5.74) is 2.13. The van der Waals surface area contributed by atoms with Gasteiger partial charge in [0.2, 0.25) is 0 Å². The van der Waals surface area contributed by atoms with Gasteiger partial charge < -0.3 is 9.88 Å². The number of nitrogens with zero attached hydrogens (tertiary/aromatic N) is 3. The number of nitrogens with one attached hydrogen (secondary N) is 1. The summed E-state index contributed by atoms with van der Waals surface area (Å²) in [6.45, 7) is 4.13. The van der Waals surface area contributed by atoms with Crippen LogP contribution in [0, 0.1) is 6.92 Å². The van der Waals surface area contributed by atoms with Gasteiger partial charge in [0.15, 0.2) is 0 Å². The van der Waals surface area contributed by atoms with Crippen LogP contribution in [0.5, 0.6) is 0 Å². The molecule has 2 aromatic heterocycles. The predicted octanol–water partition coefficient (Wildman–Crippen LogP) is 2.79. The van der Waals surface area contributed by atoms with E-state index in [1.54, 1.807) is 0 Å². The van der Waals surface area contributed by atoms with Gasteiger partial charge in [0.1, 0.15) is 5.82 Å². The minimum atomic E-state index is 0.559. The third kappa shape index (κ3) is 3.07. The van der Waals surface area contributed by atoms with Crippen molar-refractivity contribution in [3.63, 3.8) is 0 Å². The summed E-state index contributed by atoms with van der Waals surface area (Å²) in [5, 5.41) is 3.64. The van der Waals surface area contributed by atoms with E-state index >= 15 is 0 Å². The summed E-state index contributed by atoms with van der Waals surface area (Å²) >= 11 is 0. The second kappa shape index (κ2) is 6.18. The van der Waals surface area contributed by atoms with Crippen LogP contribution < -0.4 is 5.32 Å². The number of pyridine rings is 1. The Morgan fingerprint density at radius 1 is 1.25 bits per heavy atom. The summed E-state index contributed by atoms with van der Waals surface area (Å²) < 4.78 is 2.25. The van der Waals surface area contributed by atoms with Crippen molar-refractivity contribution in [2.75, 3.05) is 6.54 Å². The van der Waals surface area contributed by atoms with Gasteiger partial charge in [-0.2, -0.15) is 0 Å². The number of hydrogen-bond acceptors (Lipinski definition) is 3. The molecule has 0 spiro atoms. The monoisotopic (exact) mass is 270 g/mol. The van der Waals surface area contributed by atoms with Crippen LogP contribution in [0.25, 0.3) is 11.4 Å². The van der Waals surface area contributed by atoms with Crippen LogP contribution in [0.3, 0.4) is 0 Å². The molecule has 3 heterocycles. The van der Waals surface area contributed by atoms with E-state index in [-0.39, 0.29) is 0 Å². The van der Waals surface area contributed by atoms with Crippen molar-refractivity contribution in [2.45, 2.75) is 45.2 Å². The van der Waals surface area contributed by atoms with Crippen molar-refractivity contribution < 1.29 is 0 Å². The van der Waals surface area contributed by atoms with Crippen LogP contribution in [0.4, 0.5) is 0 Å².